The van der Waals surface area contributed by atoms with Gasteiger partial charge in [-0.2, -0.15) is 5.11 Å². The molecule has 1 spiro atoms. The highest BCUT2D eigenvalue weighted by atomic mass is 16.5. The van der Waals surface area contributed by atoms with Gasteiger partial charge in [-0.1, -0.05) is 80.1 Å². The average molecular weight is 520 g/mol. The van der Waals surface area contributed by atoms with E-state index in [2.05, 4.69) is 89.1 Å². The number of amidine groups is 1. The van der Waals surface area contributed by atoms with Gasteiger partial charge in [0.05, 0.1) is 12.3 Å². The summed E-state index contributed by atoms with van der Waals surface area (Å²) >= 11 is 0. The molecule has 0 atom stereocenters. The predicted molar refractivity (Wildman–Crippen MR) is 154 cm³/mol. The molecule has 3 heterocycles. The van der Waals surface area contributed by atoms with Gasteiger partial charge in [0.2, 0.25) is 0 Å². The number of hydrogen-bond acceptors (Lipinski definition) is 6. The molecule has 0 unspecified atom stereocenters. The van der Waals surface area contributed by atoms with E-state index in [1.807, 2.05) is 11.0 Å². The summed E-state index contributed by atoms with van der Waals surface area (Å²) in [6.07, 6.45) is 4.26. The first kappa shape index (κ1) is 25.3. The van der Waals surface area contributed by atoms with Crippen LogP contribution in [0.3, 0.4) is 0 Å². The molecule has 0 radical (unpaired) electrons. The minimum atomic E-state index is -0.633. The van der Waals surface area contributed by atoms with Crippen LogP contribution in [0.4, 0.5) is 0 Å². The zero-order valence-corrected chi connectivity index (χ0v) is 22.3. The molecule has 39 heavy (non-hydrogen) atoms. The van der Waals surface area contributed by atoms with Crippen LogP contribution in [0.25, 0.3) is 22.3 Å². The number of amides is 1. The number of aliphatic imine (C=N–C) groups is 1. The summed E-state index contributed by atoms with van der Waals surface area (Å²) in [5.41, 5.74) is 6.86. The molecule has 3 aliphatic rings. The van der Waals surface area contributed by atoms with Gasteiger partial charge in [-0.15, -0.1) is 5.10 Å². The summed E-state index contributed by atoms with van der Waals surface area (Å²) in [4.78, 5) is 20.6. The van der Waals surface area contributed by atoms with E-state index in [-0.39, 0.29) is 5.91 Å². The van der Waals surface area contributed by atoms with Gasteiger partial charge >= 0.3 is 0 Å². The van der Waals surface area contributed by atoms with Crippen molar-refractivity contribution in [1.29, 1.82) is 0 Å². The van der Waals surface area contributed by atoms with Crippen molar-refractivity contribution in [2.75, 3.05) is 19.8 Å². The third-order valence-electron chi connectivity index (χ3n) is 7.86. The van der Waals surface area contributed by atoms with E-state index in [1.54, 1.807) is 0 Å². The molecule has 1 amide bonds. The number of unbranched alkanes of at least 4 members (excludes halogenated alkanes) is 1. The fourth-order valence-electron chi connectivity index (χ4n) is 5.62. The molecule has 3 aromatic carbocycles. The van der Waals surface area contributed by atoms with Crippen LogP contribution in [-0.4, -0.2) is 47.7 Å². The van der Waals surface area contributed by atoms with Gasteiger partial charge < -0.3 is 4.74 Å². The highest BCUT2D eigenvalue weighted by Gasteiger charge is 2.48. The summed E-state index contributed by atoms with van der Waals surface area (Å²) in [7, 11) is 0. The molecule has 3 aromatic rings. The number of ether oxygens (including phenoxy) is 1. The molecule has 7 nitrogen and oxygen atoms in total. The van der Waals surface area contributed by atoms with E-state index < -0.39 is 5.54 Å². The highest BCUT2D eigenvalue weighted by molar-refractivity contribution is 6.09. The highest BCUT2D eigenvalue weighted by Crippen LogP contribution is 2.36. The molecule has 1 saturated heterocycles. The average Bonchev–Trinajstić information content (AvgIpc) is 3.61. The van der Waals surface area contributed by atoms with E-state index in [1.165, 1.54) is 0 Å². The predicted octanol–water partition coefficient (Wildman–Crippen LogP) is 6.67. The Labute approximate surface area is 229 Å². The summed E-state index contributed by atoms with van der Waals surface area (Å²) < 4.78 is 5.55. The molecule has 7 heteroatoms. The van der Waals surface area contributed by atoms with Gasteiger partial charge in [0.1, 0.15) is 17.9 Å². The van der Waals surface area contributed by atoms with E-state index in [0.29, 0.717) is 39.1 Å². The normalized spacial score (nSPS) is 18.1. The van der Waals surface area contributed by atoms with Crippen molar-refractivity contribution in [3.8, 4) is 22.3 Å². The van der Waals surface area contributed by atoms with E-state index in [0.717, 1.165) is 64.2 Å². The first-order valence-electron chi connectivity index (χ1n) is 13.9. The molecule has 0 aliphatic carbocycles. The maximum absolute atomic E-state index is 13.6. The SMILES string of the molecule is CCCCC1=NC2(CCOCC2)C(=O)N1Cc1ccc(-c2cc(-c3ccccc3)ccc2C2=NN=NC2)cc1. The van der Waals surface area contributed by atoms with Crippen LogP contribution in [-0.2, 0) is 16.1 Å². The lowest BCUT2D eigenvalue weighted by atomic mass is 9.90. The van der Waals surface area contributed by atoms with Crippen LogP contribution in [0, 0.1) is 0 Å². The summed E-state index contributed by atoms with van der Waals surface area (Å²) in [6.45, 7) is 4.38. The quantitative estimate of drug-likeness (QED) is 0.333. The molecule has 3 aliphatic heterocycles. The number of benzene rings is 3. The fourth-order valence-corrected chi connectivity index (χ4v) is 5.62. The van der Waals surface area contributed by atoms with Crippen LogP contribution in [0.1, 0.15) is 50.2 Å². The van der Waals surface area contributed by atoms with Gasteiger partial charge in [-0.3, -0.25) is 14.7 Å². The topological polar surface area (TPSA) is 79.0 Å². The molecular weight excluding hydrogens is 486 g/mol. The summed E-state index contributed by atoms with van der Waals surface area (Å²) in [6, 6.07) is 25.4. The van der Waals surface area contributed by atoms with Crippen LogP contribution in [0.15, 0.2) is 93.2 Å². The van der Waals surface area contributed by atoms with Gasteiger partial charge in [-0.05, 0) is 45.5 Å². The standard InChI is InChI=1S/C32H33N5O2/c1-2-3-9-30-34-32(16-18-39-19-17-32)31(38)37(30)22-23-10-12-25(13-11-23)28-20-26(24-7-5-4-6-8-24)14-15-27(28)29-21-33-36-35-29/h4-8,10-15,20H,2-3,9,16-19,21-22H2,1H3. The second-order valence-electron chi connectivity index (χ2n) is 10.4. The maximum atomic E-state index is 13.6. The first-order chi connectivity index (χ1) is 19.2. The second-order valence-corrected chi connectivity index (χ2v) is 10.4. The Morgan fingerprint density at radius 3 is 2.38 bits per heavy atom. The monoisotopic (exact) mass is 519 g/mol. The first-order valence-corrected chi connectivity index (χ1v) is 13.9. The van der Waals surface area contributed by atoms with Crippen LogP contribution >= 0.6 is 0 Å². The number of carbonyl (C=O) groups is 1. The minimum absolute atomic E-state index is 0.130. The Kier molecular flexibility index (Phi) is 7.16. The molecule has 198 valence electrons. The maximum Gasteiger partial charge on any atom is 0.256 e. The van der Waals surface area contributed by atoms with Crippen molar-refractivity contribution >= 4 is 17.5 Å². The van der Waals surface area contributed by atoms with E-state index >= 15 is 0 Å². The van der Waals surface area contributed by atoms with Crippen molar-refractivity contribution in [2.45, 2.75) is 51.1 Å². The Hall–Kier alpha value is -3.97. The van der Waals surface area contributed by atoms with Gasteiger partial charge in [0.15, 0.2) is 0 Å². The van der Waals surface area contributed by atoms with Gasteiger partial charge in [-0.25, -0.2) is 0 Å². The summed E-state index contributed by atoms with van der Waals surface area (Å²) in [5.74, 6) is 1.06. The Bertz CT molecular complexity index is 1440. The van der Waals surface area contributed by atoms with Crippen molar-refractivity contribution < 1.29 is 9.53 Å². The van der Waals surface area contributed by atoms with E-state index in [9.17, 15) is 4.79 Å². The number of carbonyl (C=O) groups excluding carboxylic acids is 1. The van der Waals surface area contributed by atoms with Crippen LogP contribution in [0.2, 0.25) is 0 Å². The largest absolute Gasteiger partial charge is 0.381 e. The van der Waals surface area contributed by atoms with Gasteiger partial charge in [0.25, 0.3) is 5.91 Å². The van der Waals surface area contributed by atoms with Crippen molar-refractivity contribution in [1.82, 2.24) is 4.90 Å². The number of rotatable bonds is 8. The molecule has 1 fully saturated rings. The lowest BCUT2D eigenvalue weighted by Crippen LogP contribution is -2.45. The van der Waals surface area contributed by atoms with Crippen molar-refractivity contribution in [2.24, 2.45) is 20.4 Å². The van der Waals surface area contributed by atoms with Crippen LogP contribution < -0.4 is 0 Å². The Morgan fingerprint density at radius 2 is 1.67 bits per heavy atom. The lowest BCUT2D eigenvalue weighted by Gasteiger charge is -2.29. The van der Waals surface area contributed by atoms with Crippen LogP contribution in [0.5, 0.6) is 0 Å². The third-order valence-corrected chi connectivity index (χ3v) is 7.86. The minimum Gasteiger partial charge on any atom is -0.381 e. The van der Waals surface area contributed by atoms with Gasteiger partial charge in [0, 0.05) is 38.0 Å². The molecule has 6 rings (SSSR count). The number of nitrogens with zero attached hydrogens (tertiary/aromatic N) is 5. The van der Waals surface area contributed by atoms with E-state index in [4.69, 9.17) is 9.73 Å². The zero-order valence-electron chi connectivity index (χ0n) is 22.3. The lowest BCUT2D eigenvalue weighted by molar-refractivity contribution is -0.134. The second kappa shape index (κ2) is 11.0. The Morgan fingerprint density at radius 1 is 0.897 bits per heavy atom. The third kappa shape index (κ3) is 5.06. The van der Waals surface area contributed by atoms with Crippen molar-refractivity contribution in [3.05, 3.63) is 83.9 Å². The van der Waals surface area contributed by atoms with Crippen molar-refractivity contribution in [3.63, 3.8) is 0 Å². The molecule has 0 saturated carbocycles. The Balaban J connectivity index is 1.29. The smallest absolute Gasteiger partial charge is 0.256 e. The molecule has 0 aromatic heterocycles. The molecular formula is C32H33N5O2. The zero-order chi connectivity index (χ0) is 26.7. The summed E-state index contributed by atoms with van der Waals surface area (Å²) in [5, 5.41) is 12.2. The number of hydrogen-bond donors (Lipinski definition) is 0. The fraction of sp³-hybridized carbons (Fsp3) is 0.344. The molecule has 0 bridgehead atoms. The molecule has 0 N–H and O–H groups in total.